The second kappa shape index (κ2) is 10.9. The van der Waals surface area contributed by atoms with Crippen molar-refractivity contribution < 1.29 is 18.7 Å². The Morgan fingerprint density at radius 1 is 1.21 bits per heavy atom. The van der Waals surface area contributed by atoms with Crippen molar-refractivity contribution in [1.29, 1.82) is 0 Å². The number of hydrogen-bond donors (Lipinski definition) is 0. The van der Waals surface area contributed by atoms with E-state index in [0.717, 1.165) is 39.1 Å². The molecule has 186 valence electrons. The monoisotopic (exact) mass is 470 g/mol. The Labute approximate surface area is 202 Å². The molecule has 3 heterocycles. The van der Waals surface area contributed by atoms with E-state index in [1.54, 1.807) is 0 Å². The number of amides is 1. The fourth-order valence-corrected chi connectivity index (χ4v) is 4.92. The fraction of sp³-hybridized carbons (Fsp3) is 0.654. The Hall–Kier alpha value is -2.45. The number of aryl methyl sites for hydroxylation is 1. The molecule has 0 spiro atoms. The molecule has 2 aromatic rings. The third-order valence-electron chi connectivity index (χ3n) is 6.78. The van der Waals surface area contributed by atoms with Gasteiger partial charge in [-0.15, -0.1) is 10.2 Å². The Morgan fingerprint density at radius 2 is 2.00 bits per heavy atom. The summed E-state index contributed by atoms with van der Waals surface area (Å²) in [7, 11) is 0. The zero-order valence-corrected chi connectivity index (χ0v) is 21.2. The molecule has 2 saturated heterocycles. The number of carbonyl (C=O) groups excluding carboxylic acids is 1. The number of ether oxygens (including phenoxy) is 2. The molecule has 2 fully saturated rings. The van der Waals surface area contributed by atoms with Crippen LogP contribution in [-0.2, 0) is 22.4 Å². The molecule has 4 rings (SSSR count). The first-order chi connectivity index (χ1) is 16.3. The maximum Gasteiger partial charge on any atom is 0.410 e. The predicted octanol–water partition coefficient (Wildman–Crippen LogP) is 4.22. The van der Waals surface area contributed by atoms with Gasteiger partial charge in [-0.1, -0.05) is 17.7 Å². The second-order valence-corrected chi connectivity index (χ2v) is 10.0. The zero-order valence-electron chi connectivity index (χ0n) is 21.2. The second-order valence-electron chi connectivity index (χ2n) is 10.0. The number of nitrogens with zero attached hydrogens (tertiary/aromatic N) is 4. The molecule has 1 aromatic heterocycles. The molecule has 0 N–H and O–H groups in total. The molecular formula is C26H38N4O4. The van der Waals surface area contributed by atoms with Gasteiger partial charge in [0.15, 0.2) is 0 Å². The summed E-state index contributed by atoms with van der Waals surface area (Å²) < 4.78 is 17.0. The number of hydrogen-bond acceptors (Lipinski definition) is 7. The zero-order chi connectivity index (χ0) is 24.2. The average molecular weight is 471 g/mol. The summed E-state index contributed by atoms with van der Waals surface area (Å²) >= 11 is 0. The highest BCUT2D eigenvalue weighted by atomic mass is 16.6. The highest BCUT2D eigenvalue weighted by molar-refractivity contribution is 5.68. The summed E-state index contributed by atoms with van der Waals surface area (Å²) in [6.45, 7) is 14.8. The molecule has 0 aliphatic carbocycles. The topological polar surface area (TPSA) is 80.9 Å². The van der Waals surface area contributed by atoms with E-state index in [-0.39, 0.29) is 24.2 Å². The van der Waals surface area contributed by atoms with E-state index in [9.17, 15) is 4.79 Å². The molecule has 0 bridgehead atoms. The first-order valence-electron chi connectivity index (χ1n) is 12.5. The van der Waals surface area contributed by atoms with Crippen molar-refractivity contribution >= 4 is 6.09 Å². The van der Waals surface area contributed by atoms with Crippen LogP contribution < -0.4 is 0 Å². The predicted molar refractivity (Wildman–Crippen MR) is 129 cm³/mol. The highest BCUT2D eigenvalue weighted by Gasteiger charge is 2.29. The third-order valence-corrected chi connectivity index (χ3v) is 6.78. The molecule has 1 aromatic carbocycles. The van der Waals surface area contributed by atoms with Crippen LogP contribution in [0.4, 0.5) is 4.79 Å². The summed E-state index contributed by atoms with van der Waals surface area (Å²) in [6.07, 6.45) is 2.39. The van der Waals surface area contributed by atoms with Gasteiger partial charge in [0.1, 0.15) is 0 Å². The molecule has 0 unspecified atom stereocenters. The van der Waals surface area contributed by atoms with Crippen molar-refractivity contribution in [2.24, 2.45) is 0 Å². The standard InChI is InChI=1S/C26H38N4O4/c1-17(2)33-26(31)30-9-8-29(14-19(30)4)15-23-12-18(3)11-22(20(23)5)13-24-27-28-25(34-24)21-7-6-10-32-16-21/h11-12,17,19,21H,6-10,13-16H2,1-5H3/t19-,21-/m0/s1. The Morgan fingerprint density at radius 3 is 2.71 bits per heavy atom. The van der Waals surface area contributed by atoms with Gasteiger partial charge in [-0.25, -0.2) is 4.79 Å². The van der Waals surface area contributed by atoms with E-state index >= 15 is 0 Å². The first kappa shape index (κ1) is 24.7. The van der Waals surface area contributed by atoms with Gasteiger partial charge in [0, 0.05) is 38.8 Å². The van der Waals surface area contributed by atoms with Gasteiger partial charge in [-0.2, -0.15) is 0 Å². The summed E-state index contributed by atoms with van der Waals surface area (Å²) in [5.41, 5.74) is 5.02. The van der Waals surface area contributed by atoms with Gasteiger partial charge in [0.2, 0.25) is 11.8 Å². The van der Waals surface area contributed by atoms with Crippen LogP contribution in [0.3, 0.4) is 0 Å². The minimum Gasteiger partial charge on any atom is -0.447 e. The third kappa shape index (κ3) is 5.96. The number of piperazine rings is 1. The minimum atomic E-state index is -0.213. The normalized spacial score (nSPS) is 21.8. The number of benzene rings is 1. The van der Waals surface area contributed by atoms with Crippen LogP contribution in [0.5, 0.6) is 0 Å². The SMILES string of the molecule is Cc1cc(Cc2nnc([C@H]3CCCOC3)o2)c(C)c(CN2CCN(C(=O)OC(C)C)[C@@H](C)C2)c1. The van der Waals surface area contributed by atoms with Crippen LogP contribution >= 0.6 is 0 Å². The number of aromatic nitrogens is 2. The first-order valence-corrected chi connectivity index (χ1v) is 12.5. The van der Waals surface area contributed by atoms with Gasteiger partial charge in [0.25, 0.3) is 0 Å². The van der Waals surface area contributed by atoms with E-state index in [4.69, 9.17) is 13.9 Å². The van der Waals surface area contributed by atoms with Crippen LogP contribution in [0.2, 0.25) is 0 Å². The van der Waals surface area contributed by atoms with Gasteiger partial charge in [-0.05, 0) is 64.2 Å². The minimum absolute atomic E-state index is 0.1000. The lowest BCUT2D eigenvalue weighted by molar-refractivity contribution is 0.0349. The highest BCUT2D eigenvalue weighted by Crippen LogP contribution is 2.26. The Bertz CT molecular complexity index is 983. The van der Waals surface area contributed by atoms with Gasteiger partial charge < -0.3 is 18.8 Å². The van der Waals surface area contributed by atoms with Gasteiger partial charge in [-0.3, -0.25) is 4.90 Å². The summed E-state index contributed by atoms with van der Waals surface area (Å²) in [5.74, 6) is 1.57. The van der Waals surface area contributed by atoms with Gasteiger partial charge in [0.05, 0.1) is 25.0 Å². The lowest BCUT2D eigenvalue weighted by Crippen LogP contribution is -2.54. The molecule has 8 nitrogen and oxygen atoms in total. The molecule has 2 aliphatic rings. The number of carbonyl (C=O) groups is 1. The lowest BCUT2D eigenvalue weighted by atomic mass is 9.96. The fourth-order valence-electron chi connectivity index (χ4n) is 4.92. The largest absolute Gasteiger partial charge is 0.447 e. The molecular weight excluding hydrogens is 432 g/mol. The van der Waals surface area contributed by atoms with Crippen molar-refractivity contribution in [3.05, 3.63) is 46.2 Å². The molecule has 2 aliphatic heterocycles. The maximum atomic E-state index is 12.4. The summed E-state index contributed by atoms with van der Waals surface area (Å²) in [4.78, 5) is 16.6. The van der Waals surface area contributed by atoms with Crippen LogP contribution in [0.1, 0.15) is 73.6 Å². The number of rotatable bonds is 6. The van der Waals surface area contributed by atoms with Gasteiger partial charge >= 0.3 is 6.09 Å². The molecule has 1 amide bonds. The Balaban J connectivity index is 1.41. The smallest absolute Gasteiger partial charge is 0.410 e. The van der Waals surface area contributed by atoms with E-state index in [1.165, 1.54) is 22.3 Å². The van der Waals surface area contributed by atoms with E-state index in [1.807, 2.05) is 18.7 Å². The van der Waals surface area contributed by atoms with Crippen LogP contribution in [0.15, 0.2) is 16.5 Å². The van der Waals surface area contributed by atoms with Crippen molar-refractivity contribution in [2.75, 3.05) is 32.8 Å². The summed E-state index contributed by atoms with van der Waals surface area (Å²) in [6, 6.07) is 4.60. The van der Waals surface area contributed by atoms with E-state index in [2.05, 4.69) is 48.0 Å². The van der Waals surface area contributed by atoms with Crippen molar-refractivity contribution in [2.45, 2.75) is 78.5 Å². The molecule has 8 heteroatoms. The van der Waals surface area contributed by atoms with Crippen LogP contribution in [0, 0.1) is 13.8 Å². The van der Waals surface area contributed by atoms with Crippen molar-refractivity contribution in [3.8, 4) is 0 Å². The van der Waals surface area contributed by atoms with Crippen LogP contribution in [0.25, 0.3) is 0 Å². The van der Waals surface area contributed by atoms with Crippen molar-refractivity contribution in [3.63, 3.8) is 0 Å². The average Bonchev–Trinajstić information content (AvgIpc) is 3.25. The molecule has 34 heavy (non-hydrogen) atoms. The molecule has 2 atom stereocenters. The lowest BCUT2D eigenvalue weighted by Gasteiger charge is -2.39. The Kier molecular flexibility index (Phi) is 7.88. The maximum absolute atomic E-state index is 12.4. The van der Waals surface area contributed by atoms with Crippen LogP contribution in [-0.4, -0.2) is 71.1 Å². The summed E-state index contributed by atoms with van der Waals surface area (Å²) in [5, 5.41) is 8.63. The van der Waals surface area contributed by atoms with E-state index in [0.29, 0.717) is 31.4 Å². The molecule has 0 saturated carbocycles. The quantitative estimate of drug-likeness (QED) is 0.625. The van der Waals surface area contributed by atoms with Crippen molar-refractivity contribution in [1.82, 2.24) is 20.0 Å². The van der Waals surface area contributed by atoms with E-state index < -0.39 is 0 Å². The molecule has 0 radical (unpaired) electrons.